The van der Waals surface area contributed by atoms with Gasteiger partial charge in [-0.25, -0.2) is 4.98 Å². The predicted molar refractivity (Wildman–Crippen MR) is 75.0 cm³/mol. The Hall–Kier alpha value is -1.61. The number of nitrogens with zero attached hydrogens (tertiary/aromatic N) is 2. The first-order chi connectivity index (χ1) is 8.56. The zero-order valence-electron chi connectivity index (χ0n) is 11.6. The molecule has 0 aliphatic heterocycles. The van der Waals surface area contributed by atoms with Gasteiger partial charge in [0.15, 0.2) is 0 Å². The molecule has 1 aromatic carbocycles. The fraction of sp³-hybridized carbons (Fsp3) is 0.400. The Balaban J connectivity index is 2.18. The molecule has 0 amide bonds. The molecule has 3 nitrogen and oxygen atoms in total. The van der Waals surface area contributed by atoms with Crippen LogP contribution in [-0.2, 0) is 6.54 Å². The van der Waals surface area contributed by atoms with Crippen LogP contribution >= 0.6 is 0 Å². The Bertz CT molecular complexity index is 526. The first-order valence-electron chi connectivity index (χ1n) is 6.40. The van der Waals surface area contributed by atoms with Gasteiger partial charge >= 0.3 is 0 Å². The Morgan fingerprint density at radius 2 is 2.06 bits per heavy atom. The number of hydrogen-bond donors (Lipinski definition) is 1. The molecule has 0 saturated heterocycles. The monoisotopic (exact) mass is 243 g/mol. The highest BCUT2D eigenvalue weighted by molar-refractivity contribution is 5.42. The fourth-order valence-corrected chi connectivity index (χ4v) is 1.99. The van der Waals surface area contributed by atoms with Gasteiger partial charge in [-0.3, -0.25) is 0 Å². The van der Waals surface area contributed by atoms with Gasteiger partial charge in [0.2, 0.25) is 0 Å². The molecule has 2 aromatic rings. The lowest BCUT2D eigenvalue weighted by atomic mass is 10.1. The number of hydrogen-bond acceptors (Lipinski definition) is 2. The standard InChI is InChI=1S/C15H21N3/c1-11(2)16-8-14-9-18(10-17-14)15-6-5-12(3)7-13(15)4/h5-7,9-11,16H,8H2,1-4H3. The van der Waals surface area contributed by atoms with Crippen molar-refractivity contribution in [3.63, 3.8) is 0 Å². The molecule has 0 fully saturated rings. The summed E-state index contributed by atoms with van der Waals surface area (Å²) in [6.07, 6.45) is 3.97. The Morgan fingerprint density at radius 1 is 1.28 bits per heavy atom. The van der Waals surface area contributed by atoms with Gasteiger partial charge in [0, 0.05) is 24.5 Å². The van der Waals surface area contributed by atoms with Crippen molar-refractivity contribution in [1.29, 1.82) is 0 Å². The average molecular weight is 243 g/mol. The second-order valence-electron chi connectivity index (χ2n) is 5.10. The van der Waals surface area contributed by atoms with Crippen molar-refractivity contribution in [2.75, 3.05) is 0 Å². The molecule has 0 unspecified atom stereocenters. The van der Waals surface area contributed by atoms with Gasteiger partial charge in [-0.1, -0.05) is 31.5 Å². The maximum atomic E-state index is 4.43. The molecule has 1 N–H and O–H groups in total. The number of nitrogens with one attached hydrogen (secondary N) is 1. The van der Waals surface area contributed by atoms with E-state index in [0.717, 1.165) is 12.2 Å². The zero-order chi connectivity index (χ0) is 13.1. The second-order valence-corrected chi connectivity index (χ2v) is 5.10. The third-order valence-electron chi connectivity index (χ3n) is 2.96. The van der Waals surface area contributed by atoms with E-state index in [1.807, 2.05) is 6.33 Å². The van der Waals surface area contributed by atoms with Gasteiger partial charge in [0.05, 0.1) is 12.0 Å². The third-order valence-corrected chi connectivity index (χ3v) is 2.96. The van der Waals surface area contributed by atoms with E-state index < -0.39 is 0 Å². The minimum atomic E-state index is 0.483. The maximum Gasteiger partial charge on any atom is 0.0995 e. The third kappa shape index (κ3) is 2.99. The molecule has 0 spiro atoms. The van der Waals surface area contributed by atoms with Crippen LogP contribution in [0.5, 0.6) is 0 Å². The van der Waals surface area contributed by atoms with Crippen molar-refractivity contribution < 1.29 is 0 Å². The summed E-state index contributed by atoms with van der Waals surface area (Å²) in [7, 11) is 0. The van der Waals surface area contributed by atoms with Crippen LogP contribution in [0.4, 0.5) is 0 Å². The summed E-state index contributed by atoms with van der Waals surface area (Å²) in [6, 6.07) is 6.96. The topological polar surface area (TPSA) is 29.9 Å². The summed E-state index contributed by atoms with van der Waals surface area (Å²) in [6.45, 7) is 9.34. The molecule has 3 heteroatoms. The van der Waals surface area contributed by atoms with Crippen LogP contribution < -0.4 is 5.32 Å². The van der Waals surface area contributed by atoms with Crippen molar-refractivity contribution in [2.24, 2.45) is 0 Å². The molecule has 1 aromatic heterocycles. The summed E-state index contributed by atoms with van der Waals surface area (Å²) in [5, 5.41) is 3.37. The predicted octanol–water partition coefficient (Wildman–Crippen LogP) is 2.99. The lowest BCUT2D eigenvalue weighted by Crippen LogP contribution is -2.21. The quantitative estimate of drug-likeness (QED) is 0.894. The fourth-order valence-electron chi connectivity index (χ4n) is 1.99. The highest BCUT2D eigenvalue weighted by Gasteiger charge is 2.04. The Labute approximate surface area is 109 Å². The van der Waals surface area contributed by atoms with Crippen LogP contribution in [0.15, 0.2) is 30.7 Å². The molecule has 0 atom stereocenters. The van der Waals surface area contributed by atoms with Crippen LogP contribution in [0.3, 0.4) is 0 Å². The molecule has 0 bridgehead atoms. The van der Waals surface area contributed by atoms with Crippen LogP contribution in [0.2, 0.25) is 0 Å². The highest BCUT2D eigenvalue weighted by Crippen LogP contribution is 2.15. The van der Waals surface area contributed by atoms with Gasteiger partial charge in [0.1, 0.15) is 0 Å². The van der Waals surface area contributed by atoms with Crippen molar-refractivity contribution in [2.45, 2.75) is 40.3 Å². The van der Waals surface area contributed by atoms with Gasteiger partial charge < -0.3 is 9.88 Å². The maximum absolute atomic E-state index is 4.43. The van der Waals surface area contributed by atoms with Crippen LogP contribution in [0.1, 0.15) is 30.7 Å². The van der Waals surface area contributed by atoms with E-state index in [1.54, 1.807) is 0 Å². The molecule has 0 aliphatic carbocycles. The van der Waals surface area contributed by atoms with E-state index in [4.69, 9.17) is 0 Å². The van der Waals surface area contributed by atoms with E-state index in [2.05, 4.69) is 67.0 Å². The zero-order valence-corrected chi connectivity index (χ0v) is 11.6. The minimum absolute atomic E-state index is 0.483. The molecular formula is C15H21N3. The number of aromatic nitrogens is 2. The number of aryl methyl sites for hydroxylation is 2. The molecule has 18 heavy (non-hydrogen) atoms. The van der Waals surface area contributed by atoms with Crippen molar-refractivity contribution in [3.05, 3.63) is 47.5 Å². The lowest BCUT2D eigenvalue weighted by Gasteiger charge is -2.07. The van der Waals surface area contributed by atoms with Crippen LogP contribution in [0, 0.1) is 13.8 Å². The highest BCUT2D eigenvalue weighted by atomic mass is 15.1. The Kier molecular flexibility index (Phi) is 3.82. The molecule has 2 rings (SSSR count). The number of imidazole rings is 1. The second kappa shape index (κ2) is 5.36. The first kappa shape index (κ1) is 12.8. The van der Waals surface area contributed by atoms with Gasteiger partial charge in [0.25, 0.3) is 0 Å². The molecule has 96 valence electrons. The smallest absolute Gasteiger partial charge is 0.0995 e. The van der Waals surface area contributed by atoms with E-state index in [0.29, 0.717) is 6.04 Å². The first-order valence-corrected chi connectivity index (χ1v) is 6.40. The minimum Gasteiger partial charge on any atom is -0.309 e. The van der Waals surface area contributed by atoms with E-state index in [1.165, 1.54) is 16.8 Å². The Morgan fingerprint density at radius 3 is 2.72 bits per heavy atom. The summed E-state index contributed by atoms with van der Waals surface area (Å²) >= 11 is 0. The van der Waals surface area contributed by atoms with Crippen molar-refractivity contribution >= 4 is 0 Å². The molecular weight excluding hydrogens is 222 g/mol. The van der Waals surface area contributed by atoms with Gasteiger partial charge in [-0.15, -0.1) is 0 Å². The van der Waals surface area contributed by atoms with Crippen LogP contribution in [-0.4, -0.2) is 15.6 Å². The summed E-state index contributed by atoms with van der Waals surface area (Å²) in [4.78, 5) is 4.43. The normalized spacial score (nSPS) is 11.2. The lowest BCUT2D eigenvalue weighted by molar-refractivity contribution is 0.582. The summed E-state index contributed by atoms with van der Waals surface area (Å²) in [5.41, 5.74) is 4.83. The average Bonchev–Trinajstić information content (AvgIpc) is 2.75. The van der Waals surface area contributed by atoms with E-state index in [-0.39, 0.29) is 0 Å². The molecule has 0 radical (unpaired) electrons. The SMILES string of the molecule is Cc1ccc(-n2cnc(CNC(C)C)c2)c(C)c1. The van der Waals surface area contributed by atoms with Gasteiger partial charge in [-0.2, -0.15) is 0 Å². The van der Waals surface area contributed by atoms with Crippen molar-refractivity contribution in [1.82, 2.24) is 14.9 Å². The number of rotatable bonds is 4. The largest absolute Gasteiger partial charge is 0.309 e. The summed E-state index contributed by atoms with van der Waals surface area (Å²) in [5.74, 6) is 0. The van der Waals surface area contributed by atoms with Crippen LogP contribution in [0.25, 0.3) is 5.69 Å². The van der Waals surface area contributed by atoms with Gasteiger partial charge in [-0.05, 0) is 25.5 Å². The summed E-state index contributed by atoms with van der Waals surface area (Å²) < 4.78 is 2.09. The number of benzene rings is 1. The molecule has 1 heterocycles. The van der Waals surface area contributed by atoms with E-state index in [9.17, 15) is 0 Å². The van der Waals surface area contributed by atoms with Crippen molar-refractivity contribution in [3.8, 4) is 5.69 Å². The molecule has 0 saturated carbocycles. The molecule has 0 aliphatic rings. The van der Waals surface area contributed by atoms with E-state index >= 15 is 0 Å².